The number of alkyl halides is 6. The Balaban J connectivity index is 0.000000214. The van der Waals surface area contributed by atoms with E-state index in [9.17, 15) is 58.7 Å². The molecule has 0 unspecified atom stereocenters. The zero-order chi connectivity index (χ0) is 53.0. The van der Waals surface area contributed by atoms with Gasteiger partial charge in [-0.15, -0.1) is 0 Å². The minimum Gasteiger partial charge on any atom is -0.481 e. The molecule has 0 bridgehead atoms. The van der Waals surface area contributed by atoms with E-state index in [0.29, 0.717) is 40.2 Å². The van der Waals surface area contributed by atoms with Crippen LogP contribution in [-0.2, 0) is 57.4 Å². The maximum absolute atomic E-state index is 13.4. The maximum Gasteiger partial charge on any atom is 0.416 e. The molecule has 17 nitrogen and oxygen atoms in total. The van der Waals surface area contributed by atoms with Gasteiger partial charge < -0.3 is 24.8 Å². The summed E-state index contributed by atoms with van der Waals surface area (Å²) >= 11 is 0. The van der Waals surface area contributed by atoms with Crippen molar-refractivity contribution in [2.24, 2.45) is 0 Å². The maximum atomic E-state index is 13.4. The van der Waals surface area contributed by atoms with Crippen LogP contribution in [0, 0.1) is 13.8 Å². The van der Waals surface area contributed by atoms with Crippen LogP contribution in [0.15, 0.2) is 91.4 Å². The molecule has 0 spiro atoms. The summed E-state index contributed by atoms with van der Waals surface area (Å²) in [5.74, 6) is -1.08. The summed E-state index contributed by atoms with van der Waals surface area (Å²) in [6.45, 7) is 2.82. The smallest absolute Gasteiger partial charge is 0.416 e. The lowest BCUT2D eigenvalue weighted by Crippen LogP contribution is -2.34. The number of aryl methyl sites for hydroxylation is 2. The van der Waals surface area contributed by atoms with Gasteiger partial charge in [0.25, 0.3) is 33.1 Å². The lowest BCUT2D eigenvalue weighted by molar-refractivity contribution is -0.138. The Morgan fingerprint density at radius 3 is 1.51 bits per heavy atom. The number of carboxylic acid groups (broad SMARTS) is 1. The first kappa shape index (κ1) is 53.5. The van der Waals surface area contributed by atoms with Crippen LogP contribution < -0.4 is 21.8 Å². The molecule has 2 aliphatic rings. The van der Waals surface area contributed by atoms with Crippen LogP contribution in [-0.4, -0.2) is 63.6 Å². The molecule has 0 saturated heterocycles. The number of nitrogens with zero attached hydrogens (tertiary/aromatic N) is 4. The number of carbonyl (C=O) groups is 3. The van der Waals surface area contributed by atoms with Crippen LogP contribution in [0.2, 0.25) is 0 Å². The number of hydrogen-bond donors (Lipinski definition) is 3. The molecule has 0 aliphatic heterocycles. The van der Waals surface area contributed by atoms with Crippen LogP contribution in [0.1, 0.15) is 128 Å². The van der Waals surface area contributed by atoms with Gasteiger partial charge in [0.1, 0.15) is 11.1 Å². The van der Waals surface area contributed by atoms with E-state index in [1.54, 1.807) is 19.1 Å². The predicted molar refractivity (Wildman–Crippen MR) is 248 cm³/mol. The summed E-state index contributed by atoms with van der Waals surface area (Å²) in [4.78, 5) is 63.7. The standard InChI is InChI=1S/C25H26F3N3O6S.C24H22F3N3O5/c1-15-17(5-4-10-36-38(2,34)35)11-21(23(32)29-14-20-13-22(30-37-20)16-8-9-16)24(33)31(15)19-7-3-6-18(12-19)25(26,27)28;1-13-15(7-8-21(31)32)9-19(22(33)28-12-18-11-20(29-35-18)14-5-6-14)23(34)30(13)17-4-2-3-16(10-17)24(25,26)27/h3,6-7,11-13,16H,4-5,8-10,14H2,1-2H3,(H,29,32);2-4,9-11,14H,5-8,12H2,1H3,(H,28,33)(H,31,32). The second kappa shape index (κ2) is 21.8. The Morgan fingerprint density at radius 1 is 0.699 bits per heavy atom. The number of nitrogens with one attached hydrogen (secondary N) is 2. The van der Waals surface area contributed by atoms with E-state index in [1.807, 2.05) is 0 Å². The SMILES string of the molecule is Cc1c(CCC(=O)O)cc(C(=O)NCc2cc(C3CC3)no2)c(=O)n1-c1cccc(C(F)(F)F)c1.Cc1c(CCCOS(C)(=O)=O)cc(C(=O)NCc2cc(C3CC3)no2)c(=O)n1-c1cccc(C(F)(F)F)c1. The number of benzene rings is 2. The molecule has 0 radical (unpaired) electrons. The number of rotatable bonds is 18. The first-order valence-electron chi connectivity index (χ1n) is 22.8. The van der Waals surface area contributed by atoms with Crippen LogP contribution in [0.3, 0.4) is 0 Å². The molecule has 24 heteroatoms. The Labute approximate surface area is 412 Å². The number of aromatic nitrogens is 4. The summed E-state index contributed by atoms with van der Waals surface area (Å²) in [6, 6.07) is 14.5. The van der Waals surface area contributed by atoms with Crippen LogP contribution in [0.5, 0.6) is 0 Å². The highest BCUT2D eigenvalue weighted by Crippen LogP contribution is 2.40. The van der Waals surface area contributed by atoms with E-state index < -0.39 is 62.5 Å². The molecule has 2 amide bonds. The van der Waals surface area contributed by atoms with Gasteiger partial charge in [0, 0.05) is 53.2 Å². The molecule has 2 fully saturated rings. The Kier molecular flexibility index (Phi) is 16.0. The molecule has 2 aliphatic carbocycles. The van der Waals surface area contributed by atoms with E-state index in [4.69, 9.17) is 18.3 Å². The zero-order valence-electron chi connectivity index (χ0n) is 39.4. The van der Waals surface area contributed by atoms with Gasteiger partial charge in [0.2, 0.25) is 0 Å². The lowest BCUT2D eigenvalue weighted by atomic mass is 10.0. The van der Waals surface area contributed by atoms with Crippen molar-refractivity contribution in [1.29, 1.82) is 0 Å². The third-order valence-corrected chi connectivity index (χ3v) is 12.5. The molecule has 73 heavy (non-hydrogen) atoms. The molecule has 6 aromatic rings. The summed E-state index contributed by atoms with van der Waals surface area (Å²) in [7, 11) is -3.66. The highest BCUT2D eigenvalue weighted by Gasteiger charge is 2.33. The lowest BCUT2D eigenvalue weighted by Gasteiger charge is -2.18. The third-order valence-electron chi connectivity index (χ3n) is 11.9. The summed E-state index contributed by atoms with van der Waals surface area (Å²) in [6.07, 6.45) is -4.15. The van der Waals surface area contributed by atoms with Crippen molar-refractivity contribution in [2.75, 3.05) is 12.9 Å². The molecule has 4 heterocycles. The van der Waals surface area contributed by atoms with Gasteiger partial charge >= 0.3 is 18.3 Å². The third kappa shape index (κ3) is 13.8. The predicted octanol–water partition coefficient (Wildman–Crippen LogP) is 7.85. The molecule has 2 saturated carbocycles. The quantitative estimate of drug-likeness (QED) is 0.0423. The number of pyridine rings is 2. The van der Waals surface area contributed by atoms with E-state index >= 15 is 0 Å². The van der Waals surface area contributed by atoms with Crippen molar-refractivity contribution in [3.05, 3.63) is 161 Å². The molecular formula is C49H48F6N6O11S. The molecule has 3 N–H and O–H groups in total. The van der Waals surface area contributed by atoms with Crippen molar-refractivity contribution >= 4 is 27.9 Å². The number of halogens is 6. The molecular weight excluding hydrogens is 995 g/mol. The number of aliphatic carboxylic acids is 1. The molecule has 2 aromatic carbocycles. The zero-order valence-corrected chi connectivity index (χ0v) is 40.2. The topological polar surface area (TPSA) is 235 Å². The number of carbonyl (C=O) groups excluding carboxylic acids is 2. The highest BCUT2D eigenvalue weighted by molar-refractivity contribution is 7.85. The van der Waals surface area contributed by atoms with Gasteiger partial charge in [-0.1, -0.05) is 22.4 Å². The van der Waals surface area contributed by atoms with Crippen molar-refractivity contribution in [3.63, 3.8) is 0 Å². The second-order valence-corrected chi connectivity index (χ2v) is 19.2. The van der Waals surface area contributed by atoms with Gasteiger partial charge in [-0.25, -0.2) is 0 Å². The second-order valence-electron chi connectivity index (χ2n) is 17.6. The van der Waals surface area contributed by atoms with E-state index in [0.717, 1.165) is 82.8 Å². The van der Waals surface area contributed by atoms with Gasteiger partial charge in [-0.2, -0.15) is 34.8 Å². The van der Waals surface area contributed by atoms with Gasteiger partial charge in [-0.3, -0.25) is 37.3 Å². The molecule has 4 aromatic heterocycles. The fourth-order valence-corrected chi connectivity index (χ4v) is 8.24. The van der Waals surface area contributed by atoms with Crippen molar-refractivity contribution < 1.29 is 67.5 Å². The van der Waals surface area contributed by atoms with Crippen molar-refractivity contribution in [1.82, 2.24) is 30.1 Å². The molecule has 388 valence electrons. The normalized spacial score (nSPS) is 13.8. The number of amides is 2. The number of carboxylic acids is 1. The first-order chi connectivity index (χ1) is 34.4. The Morgan fingerprint density at radius 2 is 1.12 bits per heavy atom. The van der Waals surface area contributed by atoms with Gasteiger partial charge in [0.05, 0.1) is 48.5 Å². The van der Waals surface area contributed by atoms with E-state index in [1.165, 1.54) is 37.3 Å². The minimum atomic E-state index is -4.63. The largest absolute Gasteiger partial charge is 0.481 e. The monoisotopic (exact) mass is 1040 g/mol. The van der Waals surface area contributed by atoms with Crippen LogP contribution >= 0.6 is 0 Å². The fraction of sp³-hybridized carbons (Fsp3) is 0.367. The average Bonchev–Trinajstić information content (AvgIpc) is 4.26. The number of hydrogen-bond acceptors (Lipinski definition) is 12. The van der Waals surface area contributed by atoms with Crippen molar-refractivity contribution in [2.45, 2.75) is 102 Å². The summed E-state index contributed by atoms with van der Waals surface area (Å²) in [5.41, 5.74) is -1.30. The molecule has 8 rings (SSSR count). The first-order valence-corrected chi connectivity index (χ1v) is 24.6. The van der Waals surface area contributed by atoms with Crippen molar-refractivity contribution in [3.8, 4) is 11.4 Å². The summed E-state index contributed by atoms with van der Waals surface area (Å²) < 4.78 is 120. The fourth-order valence-electron chi connectivity index (χ4n) is 7.82. The van der Waals surface area contributed by atoms with Crippen LogP contribution in [0.25, 0.3) is 11.4 Å². The Hall–Kier alpha value is -7.34. The van der Waals surface area contributed by atoms with Crippen LogP contribution in [0.4, 0.5) is 26.3 Å². The van der Waals surface area contributed by atoms with Gasteiger partial charge in [-0.05, 0) is 118 Å². The highest BCUT2D eigenvalue weighted by atomic mass is 32.2. The average molecular weight is 1040 g/mol. The van der Waals surface area contributed by atoms with E-state index in [-0.39, 0.29) is 73.6 Å². The Bertz CT molecular complexity index is 3280. The van der Waals surface area contributed by atoms with Gasteiger partial charge in [0.15, 0.2) is 11.5 Å². The minimum absolute atomic E-state index is 0.0203. The summed E-state index contributed by atoms with van der Waals surface area (Å²) in [5, 5.41) is 22.2. The van der Waals surface area contributed by atoms with E-state index in [2.05, 4.69) is 20.9 Å². The molecule has 0 atom stereocenters.